The summed E-state index contributed by atoms with van der Waals surface area (Å²) < 4.78 is 82.2. The van der Waals surface area contributed by atoms with Gasteiger partial charge < -0.3 is 14.6 Å². The number of hydrogen-bond donors (Lipinski definition) is 0. The smallest absolute Gasteiger partial charge is 0.399 e. The Morgan fingerprint density at radius 1 is 0.875 bits per heavy atom. The summed E-state index contributed by atoms with van der Waals surface area (Å²) in [5.41, 5.74) is -5.88. The van der Waals surface area contributed by atoms with Crippen molar-refractivity contribution < 1.29 is 50.5 Å². The maximum atomic E-state index is 12.3. The van der Waals surface area contributed by atoms with Crippen molar-refractivity contribution in [3.63, 3.8) is 0 Å². The third kappa shape index (κ3) is 4.52. The zero-order valence-corrected chi connectivity index (χ0v) is 12.3. The topological polar surface area (TPSA) is 75.7 Å². The molecule has 0 aromatic rings. The highest BCUT2D eigenvalue weighted by molar-refractivity contribution is 5.81. The standard InChI is InChI=1S/C13H15F6O5/c14-12(15,16)11(22,13(17,18)19)10(21)24-7-6-23-9(20)8-4-2-1-3-5-8/h8H,1-7H2/q-1. The van der Waals surface area contributed by atoms with E-state index in [0.717, 1.165) is 19.3 Å². The minimum absolute atomic E-state index is 0.390. The van der Waals surface area contributed by atoms with Gasteiger partial charge in [0.2, 0.25) is 0 Å². The highest BCUT2D eigenvalue weighted by atomic mass is 19.4. The number of halogens is 6. The predicted octanol–water partition coefficient (Wildman–Crippen LogP) is 1.88. The molecule has 1 saturated carbocycles. The summed E-state index contributed by atoms with van der Waals surface area (Å²) in [6, 6.07) is 0. The van der Waals surface area contributed by atoms with E-state index in [1.165, 1.54) is 0 Å². The van der Waals surface area contributed by atoms with Crippen LogP contribution in [0.3, 0.4) is 0 Å². The Hall–Kier alpha value is -1.52. The minimum Gasteiger partial charge on any atom is -0.828 e. The molecule has 0 amide bonds. The zero-order chi connectivity index (χ0) is 18.6. The summed E-state index contributed by atoms with van der Waals surface area (Å²) in [6.45, 7) is -1.81. The van der Waals surface area contributed by atoms with E-state index in [0.29, 0.717) is 12.8 Å². The quantitative estimate of drug-likeness (QED) is 0.422. The molecular weight excluding hydrogens is 350 g/mol. The van der Waals surface area contributed by atoms with Crippen LogP contribution in [0.1, 0.15) is 32.1 Å². The van der Waals surface area contributed by atoms with Crippen LogP contribution in [0.25, 0.3) is 0 Å². The first-order valence-corrected chi connectivity index (χ1v) is 7.09. The molecule has 0 aromatic carbocycles. The van der Waals surface area contributed by atoms with Gasteiger partial charge >= 0.3 is 24.3 Å². The molecule has 0 aromatic heterocycles. The van der Waals surface area contributed by atoms with E-state index < -0.39 is 49.0 Å². The van der Waals surface area contributed by atoms with Gasteiger partial charge in [-0.3, -0.25) is 9.59 Å². The lowest BCUT2D eigenvalue weighted by atomic mass is 9.89. The lowest BCUT2D eigenvalue weighted by Crippen LogP contribution is -2.71. The average Bonchev–Trinajstić information content (AvgIpc) is 2.48. The van der Waals surface area contributed by atoms with Gasteiger partial charge in [-0.25, -0.2) is 0 Å². The number of esters is 2. The summed E-state index contributed by atoms with van der Waals surface area (Å²) in [5.74, 6) is -4.08. The van der Waals surface area contributed by atoms with Crippen LogP contribution in [-0.2, 0) is 19.1 Å². The van der Waals surface area contributed by atoms with E-state index in [1.807, 2.05) is 0 Å². The summed E-state index contributed by atoms with van der Waals surface area (Å²) in [6.07, 6.45) is -9.10. The third-order valence-electron chi connectivity index (χ3n) is 3.59. The Bertz CT molecular complexity index is 439. The second kappa shape index (κ2) is 7.58. The van der Waals surface area contributed by atoms with Gasteiger partial charge in [0.15, 0.2) is 5.60 Å². The maximum Gasteiger partial charge on any atom is 0.399 e. The minimum atomic E-state index is -6.42. The summed E-state index contributed by atoms with van der Waals surface area (Å²) in [7, 11) is 0. The molecule has 1 fully saturated rings. The molecule has 24 heavy (non-hydrogen) atoms. The Labute approximate surface area is 132 Å². The van der Waals surface area contributed by atoms with Crippen LogP contribution >= 0.6 is 0 Å². The number of ether oxygens (including phenoxy) is 2. The van der Waals surface area contributed by atoms with Crippen molar-refractivity contribution in [2.75, 3.05) is 13.2 Å². The van der Waals surface area contributed by atoms with Crippen molar-refractivity contribution in [3.05, 3.63) is 0 Å². The van der Waals surface area contributed by atoms with Crippen molar-refractivity contribution >= 4 is 11.9 Å². The third-order valence-corrected chi connectivity index (χ3v) is 3.59. The number of carbonyl (C=O) groups excluding carboxylic acids is 2. The summed E-state index contributed by atoms with van der Waals surface area (Å²) in [4.78, 5) is 22.6. The molecule has 1 aliphatic carbocycles. The van der Waals surface area contributed by atoms with Gasteiger partial charge in [-0.2, -0.15) is 26.3 Å². The van der Waals surface area contributed by atoms with Crippen molar-refractivity contribution in [2.24, 2.45) is 5.92 Å². The number of carbonyl (C=O) groups is 2. The molecule has 0 N–H and O–H groups in total. The SMILES string of the molecule is O=C(OCCOC(=O)C([O-])(C(F)(F)F)C(F)(F)F)C1CCCCC1. The molecular formula is C13H15F6O5-. The molecule has 0 bridgehead atoms. The molecule has 0 aliphatic heterocycles. The molecule has 0 atom stereocenters. The van der Waals surface area contributed by atoms with Crippen LogP contribution in [-0.4, -0.2) is 43.1 Å². The van der Waals surface area contributed by atoms with E-state index in [4.69, 9.17) is 0 Å². The van der Waals surface area contributed by atoms with Crippen LogP contribution in [0.4, 0.5) is 26.3 Å². The molecule has 11 heteroatoms. The Morgan fingerprint density at radius 2 is 1.33 bits per heavy atom. The second-order valence-corrected chi connectivity index (χ2v) is 5.32. The van der Waals surface area contributed by atoms with Gasteiger partial charge in [0.25, 0.3) is 0 Å². The van der Waals surface area contributed by atoms with Gasteiger partial charge in [-0.05, 0) is 12.8 Å². The number of alkyl halides is 6. The van der Waals surface area contributed by atoms with Gasteiger partial charge in [0.05, 0.1) is 5.92 Å². The van der Waals surface area contributed by atoms with E-state index >= 15 is 0 Å². The lowest BCUT2D eigenvalue weighted by Gasteiger charge is -2.40. The maximum absolute atomic E-state index is 12.3. The van der Waals surface area contributed by atoms with E-state index in [2.05, 4.69) is 9.47 Å². The number of rotatable bonds is 5. The van der Waals surface area contributed by atoms with Gasteiger partial charge in [-0.1, -0.05) is 19.3 Å². The first kappa shape index (κ1) is 20.5. The molecule has 0 saturated heterocycles. The fourth-order valence-corrected chi connectivity index (χ4v) is 2.23. The van der Waals surface area contributed by atoms with Crippen molar-refractivity contribution in [3.8, 4) is 0 Å². The van der Waals surface area contributed by atoms with E-state index in [-0.39, 0.29) is 0 Å². The first-order chi connectivity index (χ1) is 10.9. The summed E-state index contributed by atoms with van der Waals surface area (Å²) >= 11 is 0. The molecule has 1 aliphatic rings. The highest BCUT2D eigenvalue weighted by Crippen LogP contribution is 2.41. The Kier molecular flexibility index (Phi) is 6.48. The first-order valence-electron chi connectivity index (χ1n) is 7.09. The molecule has 5 nitrogen and oxygen atoms in total. The van der Waals surface area contributed by atoms with E-state index in [1.54, 1.807) is 0 Å². The van der Waals surface area contributed by atoms with Crippen LogP contribution in [0.15, 0.2) is 0 Å². The van der Waals surface area contributed by atoms with Crippen molar-refractivity contribution in [1.82, 2.24) is 0 Å². The number of hydrogen-bond acceptors (Lipinski definition) is 5. The molecule has 1 rings (SSSR count). The van der Waals surface area contributed by atoms with Crippen LogP contribution in [0.2, 0.25) is 0 Å². The van der Waals surface area contributed by atoms with Crippen LogP contribution in [0.5, 0.6) is 0 Å². The molecule has 0 heterocycles. The summed E-state index contributed by atoms with van der Waals surface area (Å²) in [5, 5.41) is 11.0. The highest BCUT2D eigenvalue weighted by Gasteiger charge is 2.68. The molecule has 0 unspecified atom stereocenters. The Morgan fingerprint density at radius 3 is 1.79 bits per heavy atom. The molecule has 140 valence electrons. The van der Waals surface area contributed by atoms with Gasteiger partial charge in [0.1, 0.15) is 13.2 Å². The van der Waals surface area contributed by atoms with Crippen molar-refractivity contribution in [1.29, 1.82) is 0 Å². The average molecular weight is 365 g/mol. The largest absolute Gasteiger partial charge is 0.828 e. The fourth-order valence-electron chi connectivity index (χ4n) is 2.23. The molecule has 0 spiro atoms. The lowest BCUT2D eigenvalue weighted by molar-refractivity contribution is -0.574. The monoisotopic (exact) mass is 365 g/mol. The predicted molar refractivity (Wildman–Crippen MR) is 63.3 cm³/mol. The van der Waals surface area contributed by atoms with Crippen molar-refractivity contribution in [2.45, 2.75) is 50.1 Å². The zero-order valence-electron chi connectivity index (χ0n) is 12.3. The fraction of sp³-hybridized carbons (Fsp3) is 0.846. The van der Waals surface area contributed by atoms with Crippen LogP contribution < -0.4 is 5.11 Å². The van der Waals surface area contributed by atoms with Gasteiger partial charge in [0, 0.05) is 0 Å². The molecule has 0 radical (unpaired) electrons. The van der Waals surface area contributed by atoms with Crippen LogP contribution in [0, 0.1) is 5.92 Å². The normalized spacial score (nSPS) is 17.5. The second-order valence-electron chi connectivity index (χ2n) is 5.32. The van der Waals surface area contributed by atoms with E-state index in [9.17, 15) is 41.0 Å². The Balaban J connectivity index is 2.51. The van der Waals surface area contributed by atoms with Gasteiger partial charge in [-0.15, -0.1) is 0 Å².